The molecule has 0 heterocycles. The molecule has 0 saturated carbocycles. The SMILES string of the molecule is CC(C)(Br)C(=O)NCCC(=O)Nc1cccc(F)c1. The van der Waals surface area contributed by atoms with Gasteiger partial charge in [-0.05, 0) is 32.0 Å². The summed E-state index contributed by atoms with van der Waals surface area (Å²) in [5, 5.41) is 5.18. The van der Waals surface area contributed by atoms with Crippen LogP contribution in [0.4, 0.5) is 10.1 Å². The minimum absolute atomic E-state index is 0.130. The van der Waals surface area contributed by atoms with E-state index in [0.29, 0.717) is 5.69 Å². The van der Waals surface area contributed by atoms with Crippen molar-refractivity contribution < 1.29 is 14.0 Å². The summed E-state index contributed by atoms with van der Waals surface area (Å²) in [6.45, 7) is 3.67. The second-order valence-corrected chi connectivity index (χ2v) is 6.52. The topological polar surface area (TPSA) is 58.2 Å². The monoisotopic (exact) mass is 330 g/mol. The Morgan fingerprint density at radius 2 is 2.05 bits per heavy atom. The number of benzene rings is 1. The standard InChI is InChI=1S/C13H16BrFN2O2/c1-13(2,14)12(19)16-7-6-11(18)17-10-5-3-4-9(15)8-10/h3-5,8H,6-7H2,1-2H3,(H,16,19)(H,17,18). The molecule has 6 heteroatoms. The molecule has 0 bridgehead atoms. The van der Waals surface area contributed by atoms with Crippen molar-refractivity contribution in [2.45, 2.75) is 24.6 Å². The predicted octanol–water partition coefficient (Wildman–Crippen LogP) is 2.44. The van der Waals surface area contributed by atoms with Gasteiger partial charge in [-0.15, -0.1) is 0 Å². The summed E-state index contributed by atoms with van der Waals surface area (Å²) < 4.78 is 12.2. The van der Waals surface area contributed by atoms with E-state index in [1.807, 2.05) is 0 Å². The molecule has 4 nitrogen and oxygen atoms in total. The fourth-order valence-electron chi connectivity index (χ4n) is 1.29. The van der Waals surface area contributed by atoms with Gasteiger partial charge in [0.15, 0.2) is 0 Å². The van der Waals surface area contributed by atoms with E-state index in [9.17, 15) is 14.0 Å². The first-order valence-corrected chi connectivity index (χ1v) is 6.61. The Labute approximate surface area is 119 Å². The number of nitrogens with one attached hydrogen (secondary N) is 2. The van der Waals surface area contributed by atoms with Crippen LogP contribution in [0, 0.1) is 5.82 Å². The molecule has 0 spiro atoms. The molecule has 0 atom stereocenters. The molecule has 0 aliphatic heterocycles. The first-order valence-electron chi connectivity index (χ1n) is 5.81. The van der Waals surface area contributed by atoms with Crippen molar-refractivity contribution in [2.75, 3.05) is 11.9 Å². The average molecular weight is 331 g/mol. The normalized spacial score (nSPS) is 10.9. The van der Waals surface area contributed by atoms with Gasteiger partial charge >= 0.3 is 0 Å². The first-order chi connectivity index (χ1) is 8.79. The van der Waals surface area contributed by atoms with E-state index in [-0.39, 0.29) is 24.8 Å². The van der Waals surface area contributed by atoms with Gasteiger partial charge in [0.25, 0.3) is 0 Å². The van der Waals surface area contributed by atoms with E-state index in [4.69, 9.17) is 0 Å². The second-order valence-electron chi connectivity index (χ2n) is 4.54. The molecule has 0 saturated heterocycles. The summed E-state index contributed by atoms with van der Waals surface area (Å²) in [4.78, 5) is 23.1. The molecule has 104 valence electrons. The van der Waals surface area contributed by atoms with Crippen LogP contribution in [0.1, 0.15) is 20.3 Å². The zero-order valence-corrected chi connectivity index (χ0v) is 12.4. The first kappa shape index (κ1) is 15.6. The lowest BCUT2D eigenvalue weighted by molar-refractivity contribution is -0.122. The predicted molar refractivity (Wildman–Crippen MR) is 75.7 cm³/mol. The van der Waals surface area contributed by atoms with Crippen molar-refractivity contribution in [3.8, 4) is 0 Å². The van der Waals surface area contributed by atoms with Crippen LogP contribution in [0.15, 0.2) is 24.3 Å². The Morgan fingerprint density at radius 1 is 1.37 bits per heavy atom. The van der Waals surface area contributed by atoms with E-state index in [2.05, 4.69) is 26.6 Å². The van der Waals surface area contributed by atoms with Gasteiger partial charge in [-0.2, -0.15) is 0 Å². The third-order valence-corrected chi connectivity index (χ3v) is 2.65. The Kier molecular flexibility index (Phi) is 5.47. The molecule has 0 radical (unpaired) electrons. The molecule has 0 aliphatic rings. The number of halogens is 2. The van der Waals surface area contributed by atoms with Crippen LogP contribution < -0.4 is 10.6 Å². The van der Waals surface area contributed by atoms with Crippen molar-refractivity contribution >= 4 is 33.4 Å². The molecular formula is C13H16BrFN2O2. The zero-order valence-electron chi connectivity index (χ0n) is 10.8. The number of carbonyl (C=O) groups excluding carboxylic acids is 2. The summed E-state index contributed by atoms with van der Waals surface area (Å²) in [7, 11) is 0. The highest BCUT2D eigenvalue weighted by Gasteiger charge is 2.22. The summed E-state index contributed by atoms with van der Waals surface area (Å²) in [6, 6.07) is 5.65. The highest BCUT2D eigenvalue weighted by molar-refractivity contribution is 9.10. The van der Waals surface area contributed by atoms with Gasteiger partial charge in [-0.1, -0.05) is 22.0 Å². The van der Waals surface area contributed by atoms with Crippen molar-refractivity contribution in [1.29, 1.82) is 0 Å². The third kappa shape index (κ3) is 5.83. The largest absolute Gasteiger partial charge is 0.354 e. The second kappa shape index (κ2) is 6.65. The molecule has 0 aliphatic carbocycles. The van der Waals surface area contributed by atoms with Crippen molar-refractivity contribution in [3.05, 3.63) is 30.1 Å². The molecule has 0 unspecified atom stereocenters. The summed E-state index contributed by atoms with van der Waals surface area (Å²) >= 11 is 3.22. The van der Waals surface area contributed by atoms with Gasteiger partial charge in [-0.3, -0.25) is 9.59 Å². The van der Waals surface area contributed by atoms with Crippen LogP contribution in [-0.4, -0.2) is 22.7 Å². The Balaban J connectivity index is 2.35. The van der Waals surface area contributed by atoms with Gasteiger partial charge in [-0.25, -0.2) is 4.39 Å². The lowest BCUT2D eigenvalue weighted by Crippen LogP contribution is -2.38. The van der Waals surface area contributed by atoms with E-state index in [0.717, 1.165) is 0 Å². The Bertz CT molecular complexity index is 472. The Hall–Kier alpha value is -1.43. The lowest BCUT2D eigenvalue weighted by Gasteiger charge is -2.15. The summed E-state index contributed by atoms with van der Waals surface area (Å²) in [5.41, 5.74) is 0.400. The van der Waals surface area contributed by atoms with E-state index in [1.54, 1.807) is 19.9 Å². The van der Waals surface area contributed by atoms with Crippen LogP contribution >= 0.6 is 15.9 Å². The maximum absolute atomic E-state index is 12.9. The van der Waals surface area contributed by atoms with Crippen molar-refractivity contribution in [1.82, 2.24) is 5.32 Å². The molecule has 0 fully saturated rings. The molecule has 2 N–H and O–H groups in total. The van der Waals surface area contributed by atoms with E-state index < -0.39 is 10.1 Å². The number of anilines is 1. The number of rotatable bonds is 5. The maximum atomic E-state index is 12.9. The minimum atomic E-state index is -0.661. The van der Waals surface area contributed by atoms with Gasteiger partial charge in [0.1, 0.15) is 5.82 Å². The van der Waals surface area contributed by atoms with Crippen LogP contribution in [0.3, 0.4) is 0 Å². The minimum Gasteiger partial charge on any atom is -0.354 e. The highest BCUT2D eigenvalue weighted by Crippen LogP contribution is 2.15. The smallest absolute Gasteiger partial charge is 0.236 e. The average Bonchev–Trinajstić information content (AvgIpc) is 2.27. The van der Waals surface area contributed by atoms with Crippen molar-refractivity contribution in [2.24, 2.45) is 0 Å². The quantitative estimate of drug-likeness (QED) is 0.815. The number of carbonyl (C=O) groups is 2. The van der Waals surface area contributed by atoms with Gasteiger partial charge in [0.2, 0.25) is 11.8 Å². The molecule has 0 aromatic heterocycles. The van der Waals surface area contributed by atoms with Crippen LogP contribution in [0.5, 0.6) is 0 Å². The third-order valence-electron chi connectivity index (χ3n) is 2.29. The molecular weight excluding hydrogens is 315 g/mol. The van der Waals surface area contributed by atoms with Gasteiger partial charge in [0.05, 0.1) is 4.32 Å². The fraction of sp³-hybridized carbons (Fsp3) is 0.385. The van der Waals surface area contributed by atoms with Gasteiger partial charge in [0, 0.05) is 18.7 Å². The highest BCUT2D eigenvalue weighted by atomic mass is 79.9. The van der Waals surface area contributed by atoms with Crippen molar-refractivity contribution in [3.63, 3.8) is 0 Å². The molecule has 1 aromatic rings. The molecule has 19 heavy (non-hydrogen) atoms. The number of hydrogen-bond acceptors (Lipinski definition) is 2. The Morgan fingerprint density at radius 3 is 2.63 bits per heavy atom. The maximum Gasteiger partial charge on any atom is 0.236 e. The lowest BCUT2D eigenvalue weighted by atomic mass is 10.2. The van der Waals surface area contributed by atoms with E-state index in [1.165, 1.54) is 18.2 Å². The summed E-state index contributed by atoms with van der Waals surface area (Å²) in [6.07, 6.45) is 0.130. The van der Waals surface area contributed by atoms with Gasteiger partial charge < -0.3 is 10.6 Å². The van der Waals surface area contributed by atoms with E-state index >= 15 is 0 Å². The number of alkyl halides is 1. The van der Waals surface area contributed by atoms with Crippen LogP contribution in [0.25, 0.3) is 0 Å². The zero-order chi connectivity index (χ0) is 14.5. The summed E-state index contributed by atoms with van der Waals surface area (Å²) in [5.74, 6) is -0.878. The van der Waals surface area contributed by atoms with Crippen LogP contribution in [0.2, 0.25) is 0 Å². The molecule has 1 rings (SSSR count). The molecule has 1 aromatic carbocycles. The molecule has 2 amide bonds. The van der Waals surface area contributed by atoms with Crippen LogP contribution in [-0.2, 0) is 9.59 Å². The number of amides is 2. The fourth-order valence-corrected chi connectivity index (χ4v) is 1.43. The number of hydrogen-bond donors (Lipinski definition) is 2.